The molecule has 6 nitrogen and oxygen atoms in total. The third-order valence-electron chi connectivity index (χ3n) is 5.94. The maximum Gasteiger partial charge on any atom is 0.307 e. The molecule has 2 heterocycles. The summed E-state index contributed by atoms with van der Waals surface area (Å²) in [5.74, 6) is -0.928. The number of aliphatic carboxylic acids is 1. The van der Waals surface area contributed by atoms with Crippen LogP contribution in [0, 0.1) is 0 Å². The quantitative estimate of drug-likeness (QED) is 0.648. The lowest BCUT2D eigenvalue weighted by Crippen LogP contribution is -2.23. The lowest BCUT2D eigenvalue weighted by Gasteiger charge is -2.21. The highest BCUT2D eigenvalue weighted by atomic mass is 32.2. The van der Waals surface area contributed by atoms with E-state index in [4.69, 9.17) is 5.11 Å². The Bertz CT molecular complexity index is 1160. The van der Waals surface area contributed by atoms with Crippen molar-refractivity contribution in [3.05, 3.63) is 54.4 Å². The average Bonchev–Trinajstić information content (AvgIpc) is 3.09. The number of benzene rings is 1. The standard InChI is InChI=1S/C23H26N2O4S/c26-23(27)15-18-16-24-25-13-12-17(14-21(18)25)20-10-6-7-11-22(20)30(28,29)19-8-4-2-1-3-5-9-19/h6-7,10-14,16,19H,1-5,8-9,15H2,(H,26,27). The Hall–Kier alpha value is -2.67. The number of rotatable bonds is 5. The second-order valence-electron chi connectivity index (χ2n) is 7.99. The molecule has 30 heavy (non-hydrogen) atoms. The van der Waals surface area contributed by atoms with Crippen molar-refractivity contribution < 1.29 is 18.3 Å². The van der Waals surface area contributed by atoms with Crippen molar-refractivity contribution in [2.24, 2.45) is 0 Å². The van der Waals surface area contributed by atoms with Gasteiger partial charge in [0.1, 0.15) is 0 Å². The van der Waals surface area contributed by atoms with Gasteiger partial charge in [-0.05, 0) is 36.6 Å². The number of aromatic nitrogens is 2. The highest BCUT2D eigenvalue weighted by Gasteiger charge is 2.29. The van der Waals surface area contributed by atoms with E-state index in [0.29, 0.717) is 34.4 Å². The molecule has 1 aromatic carbocycles. The zero-order valence-electron chi connectivity index (χ0n) is 16.8. The Morgan fingerprint density at radius 3 is 2.50 bits per heavy atom. The maximum absolute atomic E-state index is 13.6. The van der Waals surface area contributed by atoms with Crippen LogP contribution in [0.15, 0.2) is 53.7 Å². The molecule has 0 bridgehead atoms. The van der Waals surface area contributed by atoms with Crippen molar-refractivity contribution in [3.8, 4) is 11.1 Å². The molecule has 2 aromatic heterocycles. The monoisotopic (exact) mass is 426 g/mol. The number of fused-ring (bicyclic) bond motifs is 1. The molecule has 0 aliphatic heterocycles. The second kappa shape index (κ2) is 8.60. The van der Waals surface area contributed by atoms with Gasteiger partial charge in [-0.15, -0.1) is 0 Å². The molecule has 0 saturated heterocycles. The minimum absolute atomic E-state index is 0.130. The van der Waals surface area contributed by atoms with E-state index < -0.39 is 15.8 Å². The zero-order valence-corrected chi connectivity index (χ0v) is 17.6. The van der Waals surface area contributed by atoms with Crippen LogP contribution in [0.2, 0.25) is 0 Å². The fraction of sp³-hybridized carbons (Fsp3) is 0.391. The second-order valence-corrected chi connectivity index (χ2v) is 10.2. The summed E-state index contributed by atoms with van der Waals surface area (Å²) in [6, 6.07) is 10.8. The lowest BCUT2D eigenvalue weighted by atomic mass is 10.0. The van der Waals surface area contributed by atoms with Gasteiger partial charge in [-0.25, -0.2) is 12.9 Å². The summed E-state index contributed by atoms with van der Waals surface area (Å²) < 4.78 is 28.8. The van der Waals surface area contributed by atoms with Gasteiger partial charge in [0, 0.05) is 17.3 Å². The van der Waals surface area contributed by atoms with E-state index >= 15 is 0 Å². The van der Waals surface area contributed by atoms with Crippen molar-refractivity contribution in [1.29, 1.82) is 0 Å². The SMILES string of the molecule is O=C(O)Cc1cnn2ccc(-c3ccccc3S(=O)(=O)C3CCCCCCC3)cc12. The first-order valence-electron chi connectivity index (χ1n) is 10.5. The Kier molecular flexibility index (Phi) is 5.90. The first-order chi connectivity index (χ1) is 14.5. The molecule has 0 unspecified atom stereocenters. The van der Waals surface area contributed by atoms with Gasteiger partial charge in [0.25, 0.3) is 0 Å². The fourth-order valence-electron chi connectivity index (χ4n) is 4.36. The summed E-state index contributed by atoms with van der Waals surface area (Å²) in [7, 11) is -3.47. The van der Waals surface area contributed by atoms with Gasteiger partial charge in [0.2, 0.25) is 0 Å². The van der Waals surface area contributed by atoms with Crippen molar-refractivity contribution in [1.82, 2.24) is 9.61 Å². The third-order valence-corrected chi connectivity index (χ3v) is 8.26. The van der Waals surface area contributed by atoms with Crippen LogP contribution >= 0.6 is 0 Å². The number of hydrogen-bond donors (Lipinski definition) is 1. The maximum atomic E-state index is 13.6. The van der Waals surface area contributed by atoms with Crippen molar-refractivity contribution >= 4 is 21.3 Å². The zero-order chi connectivity index (χ0) is 21.1. The van der Waals surface area contributed by atoms with Crippen LogP contribution in [-0.2, 0) is 21.1 Å². The molecule has 158 valence electrons. The van der Waals surface area contributed by atoms with Crippen LogP contribution in [-0.4, -0.2) is 34.4 Å². The normalized spacial score (nSPS) is 16.3. The number of hydrogen-bond acceptors (Lipinski definition) is 4. The molecule has 3 aromatic rings. The smallest absolute Gasteiger partial charge is 0.307 e. The number of carboxylic acid groups (broad SMARTS) is 1. The summed E-state index contributed by atoms with van der Waals surface area (Å²) >= 11 is 0. The van der Waals surface area contributed by atoms with Gasteiger partial charge in [-0.1, -0.05) is 50.3 Å². The molecule has 0 amide bonds. The van der Waals surface area contributed by atoms with Gasteiger partial charge in [-0.2, -0.15) is 5.10 Å². The Morgan fingerprint density at radius 1 is 1.07 bits per heavy atom. The van der Waals surface area contributed by atoms with Gasteiger partial charge >= 0.3 is 5.97 Å². The number of carbonyl (C=O) groups is 1. The van der Waals surface area contributed by atoms with Crippen LogP contribution in [0.5, 0.6) is 0 Å². The van der Waals surface area contributed by atoms with Crippen LogP contribution < -0.4 is 0 Å². The minimum Gasteiger partial charge on any atom is -0.481 e. The van der Waals surface area contributed by atoms with Crippen molar-refractivity contribution in [2.75, 3.05) is 0 Å². The number of nitrogens with zero attached hydrogens (tertiary/aromatic N) is 2. The predicted molar refractivity (Wildman–Crippen MR) is 115 cm³/mol. The van der Waals surface area contributed by atoms with E-state index in [1.807, 2.05) is 24.3 Å². The van der Waals surface area contributed by atoms with Gasteiger partial charge in [0.05, 0.1) is 28.3 Å². The van der Waals surface area contributed by atoms with E-state index in [1.54, 1.807) is 29.0 Å². The molecule has 1 fully saturated rings. The average molecular weight is 427 g/mol. The summed E-state index contributed by atoms with van der Waals surface area (Å²) in [6.45, 7) is 0. The van der Waals surface area contributed by atoms with E-state index in [0.717, 1.165) is 31.2 Å². The van der Waals surface area contributed by atoms with Gasteiger partial charge in [-0.3, -0.25) is 4.79 Å². The summed E-state index contributed by atoms with van der Waals surface area (Å²) in [5.41, 5.74) is 2.68. The largest absolute Gasteiger partial charge is 0.481 e. The molecule has 0 atom stereocenters. The molecule has 1 aliphatic rings. The first kappa shape index (κ1) is 20.6. The van der Waals surface area contributed by atoms with Crippen LogP contribution in [0.25, 0.3) is 16.6 Å². The van der Waals surface area contributed by atoms with Gasteiger partial charge in [0.15, 0.2) is 9.84 Å². The molecule has 1 saturated carbocycles. The molecular formula is C23H26N2O4S. The Labute approximate surface area is 176 Å². The van der Waals surface area contributed by atoms with Crippen molar-refractivity contribution in [2.45, 2.75) is 61.5 Å². The topological polar surface area (TPSA) is 88.7 Å². The summed E-state index contributed by atoms with van der Waals surface area (Å²) in [6.07, 6.45) is 9.86. The van der Waals surface area contributed by atoms with Crippen molar-refractivity contribution in [3.63, 3.8) is 0 Å². The van der Waals surface area contributed by atoms with E-state index in [-0.39, 0.29) is 11.7 Å². The highest BCUT2D eigenvalue weighted by molar-refractivity contribution is 7.92. The van der Waals surface area contributed by atoms with Crippen LogP contribution in [0.1, 0.15) is 50.5 Å². The van der Waals surface area contributed by atoms with Crippen LogP contribution in [0.3, 0.4) is 0 Å². The number of sulfone groups is 1. The molecule has 1 aliphatic carbocycles. The summed E-state index contributed by atoms with van der Waals surface area (Å²) in [5, 5.41) is 13.0. The first-order valence-corrected chi connectivity index (χ1v) is 12.0. The lowest BCUT2D eigenvalue weighted by molar-refractivity contribution is -0.136. The Balaban J connectivity index is 1.77. The fourth-order valence-corrected chi connectivity index (χ4v) is 6.43. The molecule has 0 radical (unpaired) electrons. The number of carboxylic acids is 1. The molecule has 7 heteroatoms. The molecular weight excluding hydrogens is 400 g/mol. The minimum atomic E-state index is -3.47. The van der Waals surface area contributed by atoms with E-state index in [1.165, 1.54) is 6.42 Å². The Morgan fingerprint density at radius 2 is 1.77 bits per heavy atom. The molecule has 4 rings (SSSR count). The highest BCUT2D eigenvalue weighted by Crippen LogP contribution is 2.34. The third kappa shape index (κ3) is 4.12. The van der Waals surface area contributed by atoms with E-state index in [2.05, 4.69) is 5.10 Å². The summed E-state index contributed by atoms with van der Waals surface area (Å²) in [4.78, 5) is 11.5. The number of pyridine rings is 1. The van der Waals surface area contributed by atoms with Crippen LogP contribution in [0.4, 0.5) is 0 Å². The predicted octanol–water partition coefficient (Wildman–Crippen LogP) is 4.52. The van der Waals surface area contributed by atoms with Gasteiger partial charge < -0.3 is 5.11 Å². The van der Waals surface area contributed by atoms with E-state index in [9.17, 15) is 13.2 Å². The molecule has 0 spiro atoms. The molecule has 1 N–H and O–H groups in total.